The van der Waals surface area contributed by atoms with Gasteiger partial charge in [-0.25, -0.2) is 4.79 Å². The zero-order valence-electron chi connectivity index (χ0n) is 16.2. The minimum atomic E-state index is -0.647. The molecule has 0 radical (unpaired) electrons. The van der Waals surface area contributed by atoms with Crippen molar-refractivity contribution in [3.63, 3.8) is 0 Å². The molecule has 0 aromatic heterocycles. The second kappa shape index (κ2) is 10.1. The van der Waals surface area contributed by atoms with Crippen LogP contribution in [0.4, 0.5) is 5.69 Å². The molecule has 0 saturated carbocycles. The Morgan fingerprint density at radius 2 is 1.50 bits per heavy atom. The highest BCUT2D eigenvalue weighted by molar-refractivity contribution is 5.96. The highest BCUT2D eigenvalue weighted by Gasteiger charge is 2.14. The molecular weight excluding hydrogens is 366 g/mol. The Hall–Kier alpha value is -3.42. The number of carbonyl (C=O) groups is 2. The number of benzene rings is 2. The van der Waals surface area contributed by atoms with Crippen LogP contribution in [0.15, 0.2) is 36.4 Å². The Balaban J connectivity index is 1.97. The van der Waals surface area contributed by atoms with Crippen molar-refractivity contribution in [1.82, 2.24) is 0 Å². The molecule has 0 bridgehead atoms. The minimum Gasteiger partial charge on any atom is -0.493 e. The summed E-state index contributed by atoms with van der Waals surface area (Å²) in [4.78, 5) is 24.3. The van der Waals surface area contributed by atoms with E-state index < -0.39 is 18.5 Å². The van der Waals surface area contributed by atoms with E-state index in [-0.39, 0.29) is 5.56 Å². The third-order valence-electron chi connectivity index (χ3n) is 3.70. The lowest BCUT2D eigenvalue weighted by atomic mass is 10.2. The third-order valence-corrected chi connectivity index (χ3v) is 3.70. The number of carbonyl (C=O) groups excluding carboxylic acids is 2. The molecule has 2 aromatic rings. The van der Waals surface area contributed by atoms with Gasteiger partial charge in [-0.05, 0) is 37.3 Å². The van der Waals surface area contributed by atoms with Crippen LogP contribution in [-0.4, -0.2) is 46.4 Å². The molecule has 8 nitrogen and oxygen atoms in total. The van der Waals surface area contributed by atoms with Crippen LogP contribution in [0.1, 0.15) is 17.3 Å². The van der Waals surface area contributed by atoms with Crippen LogP contribution in [0, 0.1) is 0 Å². The molecule has 0 aliphatic rings. The number of ether oxygens (including phenoxy) is 5. The molecule has 2 rings (SSSR count). The maximum Gasteiger partial charge on any atom is 0.338 e. The molecule has 150 valence electrons. The van der Waals surface area contributed by atoms with Gasteiger partial charge in [-0.1, -0.05) is 0 Å². The summed E-state index contributed by atoms with van der Waals surface area (Å²) in [7, 11) is 4.52. The van der Waals surface area contributed by atoms with Gasteiger partial charge in [0, 0.05) is 11.8 Å². The molecular formula is C20H23NO7. The Morgan fingerprint density at radius 1 is 0.857 bits per heavy atom. The maximum absolute atomic E-state index is 12.2. The van der Waals surface area contributed by atoms with Crippen LogP contribution >= 0.6 is 0 Å². The molecule has 0 fully saturated rings. The maximum atomic E-state index is 12.2. The predicted molar refractivity (Wildman–Crippen MR) is 103 cm³/mol. The lowest BCUT2D eigenvalue weighted by Gasteiger charge is -2.12. The summed E-state index contributed by atoms with van der Waals surface area (Å²) in [6, 6.07) is 9.57. The van der Waals surface area contributed by atoms with Crippen LogP contribution in [0.5, 0.6) is 23.0 Å². The average Bonchev–Trinajstić information content (AvgIpc) is 2.72. The zero-order chi connectivity index (χ0) is 20.5. The second-order valence-electron chi connectivity index (χ2n) is 5.49. The lowest BCUT2D eigenvalue weighted by Crippen LogP contribution is -2.21. The van der Waals surface area contributed by atoms with Gasteiger partial charge >= 0.3 is 5.97 Å². The van der Waals surface area contributed by atoms with Gasteiger partial charge in [0.05, 0.1) is 33.5 Å². The molecule has 0 saturated heterocycles. The van der Waals surface area contributed by atoms with E-state index in [1.807, 2.05) is 6.92 Å². The highest BCUT2D eigenvalue weighted by Crippen LogP contribution is 2.30. The molecule has 0 aliphatic heterocycles. The molecule has 28 heavy (non-hydrogen) atoms. The Labute approximate surface area is 163 Å². The van der Waals surface area contributed by atoms with E-state index in [1.54, 1.807) is 24.3 Å². The fourth-order valence-electron chi connectivity index (χ4n) is 2.40. The minimum absolute atomic E-state index is 0.253. The van der Waals surface area contributed by atoms with Gasteiger partial charge in [-0.15, -0.1) is 0 Å². The normalized spacial score (nSPS) is 10.0. The largest absolute Gasteiger partial charge is 0.493 e. The van der Waals surface area contributed by atoms with Gasteiger partial charge in [0.2, 0.25) is 0 Å². The van der Waals surface area contributed by atoms with Crippen LogP contribution in [0.2, 0.25) is 0 Å². The van der Waals surface area contributed by atoms with E-state index in [2.05, 4.69) is 5.32 Å². The first-order chi connectivity index (χ1) is 13.5. The van der Waals surface area contributed by atoms with Crippen molar-refractivity contribution in [2.75, 3.05) is 39.9 Å². The summed E-state index contributed by atoms with van der Waals surface area (Å²) in [5, 5.41) is 2.63. The van der Waals surface area contributed by atoms with Gasteiger partial charge in [0.25, 0.3) is 5.91 Å². The van der Waals surface area contributed by atoms with E-state index in [0.717, 1.165) is 0 Å². The number of hydrogen-bond donors (Lipinski definition) is 1. The van der Waals surface area contributed by atoms with E-state index in [4.69, 9.17) is 23.7 Å². The van der Waals surface area contributed by atoms with Crippen molar-refractivity contribution < 1.29 is 33.3 Å². The highest BCUT2D eigenvalue weighted by atomic mass is 16.5. The zero-order valence-corrected chi connectivity index (χ0v) is 16.2. The predicted octanol–water partition coefficient (Wildman–Crippen LogP) is 2.91. The van der Waals surface area contributed by atoms with Crippen LogP contribution in [-0.2, 0) is 9.53 Å². The van der Waals surface area contributed by atoms with Gasteiger partial charge in [-0.3, -0.25) is 4.79 Å². The number of esters is 1. The van der Waals surface area contributed by atoms with Crippen molar-refractivity contribution in [3.05, 3.63) is 42.0 Å². The molecule has 0 unspecified atom stereocenters. The van der Waals surface area contributed by atoms with Crippen LogP contribution < -0.4 is 24.3 Å². The van der Waals surface area contributed by atoms with Gasteiger partial charge < -0.3 is 29.0 Å². The molecule has 0 aliphatic carbocycles. The van der Waals surface area contributed by atoms with Gasteiger partial charge in [0.15, 0.2) is 29.6 Å². The standard InChI is InChI=1S/C20H23NO7/c1-5-27-18-10-13(6-8-16(18)25-3)20(23)28-12-19(22)21-14-7-9-15(24-2)17(11-14)26-4/h6-11H,5,12H2,1-4H3,(H,21,22). The number of hydrogen-bond acceptors (Lipinski definition) is 7. The van der Waals surface area contributed by atoms with Crippen molar-refractivity contribution in [2.24, 2.45) is 0 Å². The Kier molecular flexibility index (Phi) is 7.50. The first-order valence-electron chi connectivity index (χ1n) is 8.52. The van der Waals surface area contributed by atoms with Crippen LogP contribution in [0.25, 0.3) is 0 Å². The first kappa shape index (κ1) is 20.9. The van der Waals surface area contributed by atoms with Crippen molar-refractivity contribution in [3.8, 4) is 23.0 Å². The van der Waals surface area contributed by atoms with Crippen molar-refractivity contribution in [1.29, 1.82) is 0 Å². The number of anilines is 1. The van der Waals surface area contributed by atoms with Crippen molar-refractivity contribution >= 4 is 17.6 Å². The summed E-state index contributed by atoms with van der Waals surface area (Å²) >= 11 is 0. The molecule has 0 spiro atoms. The van der Waals surface area contributed by atoms with E-state index in [1.165, 1.54) is 33.5 Å². The first-order valence-corrected chi connectivity index (χ1v) is 8.52. The summed E-state index contributed by atoms with van der Waals surface area (Å²) in [5.74, 6) is 0.805. The fourth-order valence-corrected chi connectivity index (χ4v) is 2.40. The Morgan fingerprint density at radius 3 is 2.14 bits per heavy atom. The fraction of sp³-hybridized carbons (Fsp3) is 0.300. The summed E-state index contributed by atoms with van der Waals surface area (Å²) in [6.45, 7) is 1.80. The third kappa shape index (κ3) is 5.29. The molecule has 8 heteroatoms. The Bertz CT molecular complexity index is 835. The number of rotatable bonds is 9. The lowest BCUT2D eigenvalue weighted by molar-refractivity contribution is -0.119. The molecule has 2 aromatic carbocycles. The van der Waals surface area contributed by atoms with Gasteiger partial charge in [0.1, 0.15) is 0 Å². The summed E-state index contributed by atoms with van der Waals surface area (Å²) < 4.78 is 26.0. The topological polar surface area (TPSA) is 92.3 Å². The number of methoxy groups -OCH3 is 3. The number of amides is 1. The second-order valence-corrected chi connectivity index (χ2v) is 5.49. The van der Waals surface area contributed by atoms with E-state index in [9.17, 15) is 9.59 Å². The molecule has 0 heterocycles. The van der Waals surface area contributed by atoms with Crippen LogP contribution in [0.3, 0.4) is 0 Å². The molecule has 1 N–H and O–H groups in total. The van der Waals surface area contributed by atoms with E-state index in [0.29, 0.717) is 35.3 Å². The van der Waals surface area contributed by atoms with Gasteiger partial charge in [-0.2, -0.15) is 0 Å². The van der Waals surface area contributed by atoms with E-state index >= 15 is 0 Å². The average molecular weight is 389 g/mol. The summed E-state index contributed by atoms with van der Waals surface area (Å²) in [6.07, 6.45) is 0. The summed E-state index contributed by atoms with van der Waals surface area (Å²) in [5.41, 5.74) is 0.741. The molecule has 1 amide bonds. The smallest absolute Gasteiger partial charge is 0.338 e. The monoisotopic (exact) mass is 389 g/mol. The number of nitrogens with one attached hydrogen (secondary N) is 1. The quantitative estimate of drug-likeness (QED) is 0.659. The SMILES string of the molecule is CCOc1cc(C(=O)OCC(=O)Nc2ccc(OC)c(OC)c2)ccc1OC. The molecule has 0 atom stereocenters. The van der Waals surface area contributed by atoms with Crippen molar-refractivity contribution in [2.45, 2.75) is 6.92 Å².